The first-order chi connectivity index (χ1) is 9.86. The first-order valence-corrected chi connectivity index (χ1v) is 8.50. The molecule has 0 aliphatic rings. The van der Waals surface area contributed by atoms with Crippen LogP contribution in [-0.4, -0.2) is 30.8 Å². The highest BCUT2D eigenvalue weighted by atomic mass is 32.2. The van der Waals surface area contributed by atoms with E-state index in [1.807, 2.05) is 0 Å². The lowest BCUT2D eigenvalue weighted by Gasteiger charge is -2.09. The molecule has 0 amide bonds. The minimum Gasteiger partial charge on any atom is -0.462 e. The minimum atomic E-state index is -3.75. The molecule has 2 aromatic rings. The number of hydrogen-bond donors (Lipinski definition) is 1. The van der Waals surface area contributed by atoms with Crippen LogP contribution in [0.1, 0.15) is 23.0 Å². The summed E-state index contributed by atoms with van der Waals surface area (Å²) in [5.74, 6) is -0.508. The lowest BCUT2D eigenvalue weighted by Crippen LogP contribution is -2.17. The monoisotopic (exact) mass is 329 g/mol. The summed E-state index contributed by atoms with van der Waals surface area (Å²) in [6, 6.07) is 3.13. The number of thiophene rings is 1. The Kier molecular flexibility index (Phi) is 4.33. The number of sulfonamides is 1. The average Bonchev–Trinajstić information content (AvgIpc) is 2.99. The summed E-state index contributed by atoms with van der Waals surface area (Å²) < 4.78 is 33.3. The Morgan fingerprint density at radius 1 is 1.52 bits per heavy atom. The normalized spacial score (nSPS) is 11.4. The zero-order chi connectivity index (χ0) is 15.6. The third-order valence-corrected chi connectivity index (χ3v) is 5.43. The number of carbonyl (C=O) groups is 1. The first-order valence-electron chi connectivity index (χ1n) is 6.14. The van der Waals surface area contributed by atoms with E-state index in [9.17, 15) is 13.2 Å². The number of anilines is 1. The van der Waals surface area contributed by atoms with E-state index in [1.165, 1.54) is 10.7 Å². The van der Waals surface area contributed by atoms with Gasteiger partial charge in [0.05, 0.1) is 12.3 Å². The summed E-state index contributed by atoms with van der Waals surface area (Å²) in [7, 11) is -2.19. The average molecular weight is 329 g/mol. The maximum Gasteiger partial charge on any atom is 0.343 e. The molecular weight excluding hydrogens is 314 g/mol. The Labute approximate surface area is 126 Å². The number of carbonyl (C=O) groups excluding carboxylic acids is 1. The van der Waals surface area contributed by atoms with E-state index in [0.29, 0.717) is 5.69 Å². The molecule has 7 nitrogen and oxygen atoms in total. The van der Waals surface area contributed by atoms with Gasteiger partial charge in [0.1, 0.15) is 9.77 Å². The van der Waals surface area contributed by atoms with Crippen LogP contribution in [-0.2, 0) is 21.8 Å². The first kappa shape index (κ1) is 15.5. The zero-order valence-corrected chi connectivity index (χ0v) is 13.4. The number of nitrogens with zero attached hydrogens (tertiary/aromatic N) is 2. The molecular formula is C12H15N3O4S2. The van der Waals surface area contributed by atoms with E-state index < -0.39 is 16.0 Å². The summed E-state index contributed by atoms with van der Waals surface area (Å²) in [6.07, 6.45) is 0. The van der Waals surface area contributed by atoms with Crippen LogP contribution < -0.4 is 4.72 Å². The molecule has 0 aliphatic heterocycles. The van der Waals surface area contributed by atoms with Crippen molar-refractivity contribution in [3.63, 3.8) is 0 Å². The molecule has 0 unspecified atom stereocenters. The fourth-order valence-corrected chi connectivity index (χ4v) is 3.91. The van der Waals surface area contributed by atoms with Crippen molar-refractivity contribution in [1.29, 1.82) is 0 Å². The zero-order valence-electron chi connectivity index (χ0n) is 11.8. The molecule has 0 fully saturated rings. The van der Waals surface area contributed by atoms with Crippen LogP contribution in [0, 0.1) is 6.92 Å². The summed E-state index contributed by atoms with van der Waals surface area (Å²) >= 11 is 1.09. The Balaban J connectivity index is 2.43. The predicted octanol–water partition coefficient (Wildman–Crippen LogP) is 1.77. The molecule has 0 atom stereocenters. The standard InChI is InChI=1S/C12H15N3O4S2/c1-4-19-12(16)10-8(2)13-15(3)11(10)14-21(17,18)9-6-5-7-20-9/h5-7,14H,4H2,1-3H3. The van der Waals surface area contributed by atoms with Crippen molar-refractivity contribution in [3.05, 3.63) is 28.8 Å². The van der Waals surface area contributed by atoms with E-state index in [-0.39, 0.29) is 22.2 Å². The second-order valence-electron chi connectivity index (χ2n) is 4.19. The number of ether oxygens (including phenoxy) is 1. The number of aromatic nitrogens is 2. The van der Waals surface area contributed by atoms with Crippen LogP contribution in [0.25, 0.3) is 0 Å². The van der Waals surface area contributed by atoms with Crippen molar-refractivity contribution >= 4 is 33.1 Å². The second kappa shape index (κ2) is 5.86. The third-order valence-electron chi connectivity index (χ3n) is 2.69. The van der Waals surface area contributed by atoms with Gasteiger partial charge < -0.3 is 4.74 Å². The van der Waals surface area contributed by atoms with E-state index in [4.69, 9.17) is 4.74 Å². The van der Waals surface area contributed by atoms with Gasteiger partial charge in [-0.2, -0.15) is 5.10 Å². The van der Waals surface area contributed by atoms with Crippen LogP contribution in [0.5, 0.6) is 0 Å². The molecule has 21 heavy (non-hydrogen) atoms. The second-order valence-corrected chi connectivity index (χ2v) is 7.05. The van der Waals surface area contributed by atoms with Crippen molar-refractivity contribution in [2.24, 2.45) is 7.05 Å². The molecule has 0 radical (unpaired) electrons. The lowest BCUT2D eigenvalue weighted by atomic mass is 10.2. The van der Waals surface area contributed by atoms with Crippen LogP contribution in [0.4, 0.5) is 5.82 Å². The molecule has 1 N–H and O–H groups in total. The predicted molar refractivity (Wildman–Crippen MR) is 79.0 cm³/mol. The molecule has 0 aromatic carbocycles. The largest absolute Gasteiger partial charge is 0.462 e. The molecule has 2 rings (SSSR count). The van der Waals surface area contributed by atoms with Gasteiger partial charge in [-0.1, -0.05) is 6.07 Å². The number of hydrogen-bond acceptors (Lipinski definition) is 6. The highest BCUT2D eigenvalue weighted by molar-refractivity contribution is 7.94. The molecule has 2 aromatic heterocycles. The highest BCUT2D eigenvalue weighted by Crippen LogP contribution is 2.25. The maximum atomic E-state index is 12.3. The summed E-state index contributed by atoms with van der Waals surface area (Å²) in [4.78, 5) is 12.0. The molecule has 0 bridgehead atoms. The molecule has 0 spiro atoms. The van der Waals surface area contributed by atoms with Gasteiger partial charge in [-0.3, -0.25) is 9.40 Å². The fourth-order valence-electron chi connectivity index (χ4n) is 1.82. The quantitative estimate of drug-likeness (QED) is 0.844. The lowest BCUT2D eigenvalue weighted by molar-refractivity contribution is 0.0527. The van der Waals surface area contributed by atoms with Crippen molar-refractivity contribution in [2.75, 3.05) is 11.3 Å². The Hall–Kier alpha value is -1.87. The number of nitrogens with one attached hydrogen (secondary N) is 1. The molecule has 0 aliphatic carbocycles. The van der Waals surface area contributed by atoms with E-state index >= 15 is 0 Å². The molecule has 0 saturated heterocycles. The molecule has 0 saturated carbocycles. The van der Waals surface area contributed by atoms with Gasteiger partial charge in [0.15, 0.2) is 5.82 Å². The van der Waals surface area contributed by atoms with Crippen molar-refractivity contribution in [3.8, 4) is 0 Å². The Bertz CT molecular complexity index is 748. The third kappa shape index (κ3) is 3.08. The number of rotatable bonds is 5. The van der Waals surface area contributed by atoms with Gasteiger partial charge in [-0.05, 0) is 25.3 Å². The molecule has 114 valence electrons. The van der Waals surface area contributed by atoms with Crippen molar-refractivity contribution in [1.82, 2.24) is 9.78 Å². The summed E-state index contributed by atoms with van der Waals surface area (Å²) in [5, 5.41) is 5.73. The van der Waals surface area contributed by atoms with E-state index in [1.54, 1.807) is 32.3 Å². The summed E-state index contributed by atoms with van der Waals surface area (Å²) in [6.45, 7) is 3.50. The SMILES string of the molecule is CCOC(=O)c1c(C)nn(C)c1NS(=O)(=O)c1cccs1. The Morgan fingerprint density at radius 3 is 2.81 bits per heavy atom. The highest BCUT2D eigenvalue weighted by Gasteiger charge is 2.26. The van der Waals surface area contributed by atoms with Crippen LogP contribution in [0.3, 0.4) is 0 Å². The number of aryl methyl sites for hydroxylation is 2. The van der Waals surface area contributed by atoms with E-state index in [0.717, 1.165) is 11.3 Å². The van der Waals surface area contributed by atoms with Crippen LogP contribution in [0.15, 0.2) is 21.7 Å². The smallest absolute Gasteiger partial charge is 0.343 e. The maximum absolute atomic E-state index is 12.3. The molecule has 9 heteroatoms. The van der Waals surface area contributed by atoms with Crippen molar-refractivity contribution in [2.45, 2.75) is 18.1 Å². The van der Waals surface area contributed by atoms with Crippen molar-refractivity contribution < 1.29 is 17.9 Å². The molecule has 2 heterocycles. The topological polar surface area (TPSA) is 90.3 Å². The van der Waals surface area contributed by atoms with Crippen LogP contribution >= 0.6 is 11.3 Å². The Morgan fingerprint density at radius 2 is 2.24 bits per heavy atom. The number of esters is 1. The summed E-state index contributed by atoms with van der Waals surface area (Å²) in [5.41, 5.74) is 0.527. The van der Waals surface area contributed by atoms with E-state index in [2.05, 4.69) is 9.82 Å². The van der Waals surface area contributed by atoms with Gasteiger partial charge in [-0.15, -0.1) is 11.3 Å². The minimum absolute atomic E-state index is 0.0966. The van der Waals surface area contributed by atoms with Crippen LogP contribution in [0.2, 0.25) is 0 Å². The van der Waals surface area contributed by atoms with Gasteiger partial charge >= 0.3 is 5.97 Å². The van der Waals surface area contributed by atoms with Gasteiger partial charge in [0.2, 0.25) is 0 Å². The van der Waals surface area contributed by atoms with Gasteiger partial charge in [-0.25, -0.2) is 13.2 Å². The van der Waals surface area contributed by atoms with Gasteiger partial charge in [0.25, 0.3) is 10.0 Å². The van der Waals surface area contributed by atoms with Gasteiger partial charge in [0, 0.05) is 7.05 Å². The fraction of sp³-hybridized carbons (Fsp3) is 0.333.